The smallest absolute Gasteiger partial charge is 0.230 e. The number of anilines is 1. The highest BCUT2D eigenvalue weighted by molar-refractivity contribution is 8.01. The third kappa shape index (κ3) is 6.58. The van der Waals surface area contributed by atoms with Crippen LogP contribution < -0.4 is 10.6 Å². The van der Waals surface area contributed by atoms with E-state index in [4.69, 9.17) is 0 Å². The number of nitrogens with zero attached hydrogens (tertiary/aromatic N) is 2. The summed E-state index contributed by atoms with van der Waals surface area (Å²) >= 11 is 2.90. The molecule has 0 aliphatic carbocycles. The van der Waals surface area contributed by atoms with Crippen LogP contribution in [0.3, 0.4) is 0 Å². The molecule has 23 heavy (non-hydrogen) atoms. The number of benzene rings is 1. The van der Waals surface area contributed by atoms with Crippen molar-refractivity contribution in [3.63, 3.8) is 0 Å². The van der Waals surface area contributed by atoms with Gasteiger partial charge in [0.05, 0.1) is 5.75 Å². The summed E-state index contributed by atoms with van der Waals surface area (Å²) in [6, 6.07) is 10.5. The van der Waals surface area contributed by atoms with Gasteiger partial charge < -0.3 is 10.6 Å². The Morgan fingerprint density at radius 3 is 2.83 bits per heavy atom. The van der Waals surface area contributed by atoms with Crippen molar-refractivity contribution < 1.29 is 4.79 Å². The molecular formula is C16H22N4OS2. The Morgan fingerprint density at radius 2 is 2.09 bits per heavy atom. The number of aromatic nitrogens is 2. The van der Waals surface area contributed by atoms with E-state index in [0.717, 1.165) is 28.9 Å². The fourth-order valence-corrected chi connectivity index (χ4v) is 3.67. The van der Waals surface area contributed by atoms with Gasteiger partial charge in [0.25, 0.3) is 0 Å². The zero-order valence-electron chi connectivity index (χ0n) is 13.4. The Morgan fingerprint density at radius 1 is 1.30 bits per heavy atom. The Hall–Kier alpha value is -1.60. The average molecular weight is 351 g/mol. The molecule has 0 spiro atoms. The van der Waals surface area contributed by atoms with E-state index in [0.29, 0.717) is 5.75 Å². The number of amides is 1. The molecule has 2 N–H and O–H groups in total. The molecule has 0 unspecified atom stereocenters. The summed E-state index contributed by atoms with van der Waals surface area (Å²) in [6.45, 7) is 4.87. The van der Waals surface area contributed by atoms with Crippen molar-refractivity contribution in [3.8, 4) is 0 Å². The maximum atomic E-state index is 12.0. The third-order valence-electron chi connectivity index (χ3n) is 3.18. The van der Waals surface area contributed by atoms with Crippen LogP contribution in [0.5, 0.6) is 0 Å². The standard InChI is InChI=1S/C16H22N4OS2/c1-3-17-15-19-20-16(23-15)22-11-14(21)18-12(2)9-10-13-7-5-4-6-8-13/h4-8,12H,3,9-11H2,1-2H3,(H,17,19)(H,18,21)/t12-/m0/s1. The minimum Gasteiger partial charge on any atom is -0.360 e. The maximum Gasteiger partial charge on any atom is 0.230 e. The normalized spacial score (nSPS) is 11.9. The fourth-order valence-electron chi connectivity index (χ4n) is 2.03. The van der Waals surface area contributed by atoms with Crippen LogP contribution in [-0.4, -0.2) is 34.4 Å². The second kappa shape index (κ2) is 9.52. The van der Waals surface area contributed by atoms with Crippen LogP contribution in [0.15, 0.2) is 34.7 Å². The van der Waals surface area contributed by atoms with Gasteiger partial charge in [-0.2, -0.15) is 0 Å². The minimum absolute atomic E-state index is 0.0377. The van der Waals surface area contributed by atoms with Crippen LogP contribution in [0, 0.1) is 0 Å². The van der Waals surface area contributed by atoms with Gasteiger partial charge in [0.1, 0.15) is 0 Å². The van der Waals surface area contributed by atoms with Crippen LogP contribution >= 0.6 is 23.1 Å². The number of hydrogen-bond acceptors (Lipinski definition) is 6. The summed E-state index contributed by atoms with van der Waals surface area (Å²) in [5, 5.41) is 15.0. The Balaban J connectivity index is 1.67. The lowest BCUT2D eigenvalue weighted by molar-refractivity contribution is -0.119. The lowest BCUT2D eigenvalue weighted by atomic mass is 10.1. The predicted octanol–water partition coefficient (Wildman–Crippen LogP) is 3.20. The Bertz CT molecular complexity index is 603. The highest BCUT2D eigenvalue weighted by Crippen LogP contribution is 2.25. The zero-order valence-corrected chi connectivity index (χ0v) is 15.0. The zero-order chi connectivity index (χ0) is 16.5. The molecule has 5 nitrogen and oxygen atoms in total. The molecule has 2 rings (SSSR count). The van der Waals surface area contributed by atoms with Crippen molar-refractivity contribution in [2.45, 2.75) is 37.1 Å². The quantitative estimate of drug-likeness (QED) is 0.680. The third-order valence-corrected chi connectivity index (χ3v) is 5.19. The van der Waals surface area contributed by atoms with E-state index >= 15 is 0 Å². The van der Waals surface area contributed by atoms with Crippen molar-refractivity contribution in [1.29, 1.82) is 0 Å². The number of carbonyl (C=O) groups is 1. The van der Waals surface area contributed by atoms with Crippen molar-refractivity contribution in [1.82, 2.24) is 15.5 Å². The van der Waals surface area contributed by atoms with Crippen molar-refractivity contribution in [3.05, 3.63) is 35.9 Å². The lowest BCUT2D eigenvalue weighted by Crippen LogP contribution is -2.34. The maximum absolute atomic E-state index is 12.0. The van der Waals surface area contributed by atoms with E-state index in [2.05, 4.69) is 33.0 Å². The monoisotopic (exact) mass is 350 g/mol. The average Bonchev–Trinajstić information content (AvgIpc) is 3.00. The number of carbonyl (C=O) groups excluding carboxylic acids is 1. The van der Waals surface area contributed by atoms with Gasteiger partial charge in [-0.25, -0.2) is 0 Å². The number of aryl methyl sites for hydroxylation is 1. The van der Waals surface area contributed by atoms with Crippen LogP contribution in [0.1, 0.15) is 25.8 Å². The van der Waals surface area contributed by atoms with Crippen molar-refractivity contribution in [2.75, 3.05) is 17.6 Å². The van der Waals surface area contributed by atoms with E-state index in [1.165, 1.54) is 28.7 Å². The topological polar surface area (TPSA) is 66.9 Å². The van der Waals surface area contributed by atoms with E-state index < -0.39 is 0 Å². The summed E-state index contributed by atoms with van der Waals surface area (Å²) in [4.78, 5) is 12.0. The van der Waals surface area contributed by atoms with Gasteiger partial charge in [0.15, 0.2) is 4.34 Å². The number of hydrogen-bond donors (Lipinski definition) is 2. The van der Waals surface area contributed by atoms with Gasteiger partial charge >= 0.3 is 0 Å². The van der Waals surface area contributed by atoms with Gasteiger partial charge in [-0.15, -0.1) is 10.2 Å². The first-order valence-corrected chi connectivity index (χ1v) is 9.51. The minimum atomic E-state index is 0.0377. The van der Waals surface area contributed by atoms with Gasteiger partial charge in [-0.1, -0.05) is 53.4 Å². The highest BCUT2D eigenvalue weighted by atomic mass is 32.2. The molecule has 2 aromatic rings. The molecule has 0 radical (unpaired) electrons. The predicted molar refractivity (Wildman–Crippen MR) is 97.2 cm³/mol. The van der Waals surface area contributed by atoms with Crippen LogP contribution in [0.25, 0.3) is 0 Å². The van der Waals surface area contributed by atoms with E-state index in [9.17, 15) is 4.79 Å². The summed E-state index contributed by atoms with van der Waals surface area (Å²) in [5.41, 5.74) is 1.30. The van der Waals surface area contributed by atoms with E-state index in [1.54, 1.807) is 0 Å². The Labute approximate surface area is 145 Å². The Kier molecular flexibility index (Phi) is 7.35. The number of rotatable bonds is 9. The summed E-state index contributed by atoms with van der Waals surface area (Å²) in [7, 11) is 0. The van der Waals surface area contributed by atoms with Crippen LogP contribution in [-0.2, 0) is 11.2 Å². The molecule has 1 aromatic heterocycles. The first-order valence-electron chi connectivity index (χ1n) is 7.71. The van der Waals surface area contributed by atoms with Crippen LogP contribution in [0.2, 0.25) is 0 Å². The molecule has 1 heterocycles. The molecule has 0 bridgehead atoms. The second-order valence-corrected chi connectivity index (χ2v) is 7.38. The molecule has 0 saturated heterocycles. The van der Waals surface area contributed by atoms with E-state index in [1.807, 2.05) is 32.0 Å². The summed E-state index contributed by atoms with van der Waals surface area (Å²) < 4.78 is 0.813. The van der Waals surface area contributed by atoms with E-state index in [-0.39, 0.29) is 11.9 Å². The van der Waals surface area contributed by atoms with Gasteiger partial charge in [-0.3, -0.25) is 4.79 Å². The lowest BCUT2D eigenvalue weighted by Gasteiger charge is -2.13. The van der Waals surface area contributed by atoms with Gasteiger partial charge in [0.2, 0.25) is 11.0 Å². The van der Waals surface area contributed by atoms with Gasteiger partial charge in [0, 0.05) is 12.6 Å². The molecule has 1 amide bonds. The summed E-state index contributed by atoms with van der Waals surface area (Å²) in [6.07, 6.45) is 1.90. The van der Waals surface area contributed by atoms with Gasteiger partial charge in [-0.05, 0) is 32.3 Å². The molecule has 1 atom stereocenters. The van der Waals surface area contributed by atoms with Crippen molar-refractivity contribution >= 4 is 34.1 Å². The molecule has 124 valence electrons. The molecule has 0 saturated carbocycles. The molecule has 7 heteroatoms. The molecule has 0 aliphatic rings. The number of thioether (sulfide) groups is 1. The SMILES string of the molecule is CCNc1nnc(SCC(=O)N[C@@H](C)CCc2ccccc2)s1. The second-order valence-electron chi connectivity index (χ2n) is 5.18. The molecule has 0 aliphatic heterocycles. The largest absolute Gasteiger partial charge is 0.360 e. The summed E-state index contributed by atoms with van der Waals surface area (Å²) in [5.74, 6) is 0.409. The molecule has 1 aromatic carbocycles. The first kappa shape index (κ1) is 17.7. The highest BCUT2D eigenvalue weighted by Gasteiger charge is 2.10. The van der Waals surface area contributed by atoms with Crippen LogP contribution in [0.4, 0.5) is 5.13 Å². The first-order chi connectivity index (χ1) is 11.2. The molecule has 0 fully saturated rings. The number of nitrogens with one attached hydrogen (secondary N) is 2. The fraction of sp³-hybridized carbons (Fsp3) is 0.438. The molecular weight excluding hydrogens is 328 g/mol. The van der Waals surface area contributed by atoms with Crippen molar-refractivity contribution in [2.24, 2.45) is 0 Å².